The lowest BCUT2D eigenvalue weighted by atomic mass is 9.89. The van der Waals surface area contributed by atoms with Crippen LogP contribution in [-0.4, -0.2) is 51.3 Å². The molecule has 27 heavy (non-hydrogen) atoms. The fraction of sp³-hybridized carbons (Fsp3) is 0.550. The normalized spacial score (nSPS) is 20.6. The molecule has 1 fully saturated rings. The minimum atomic E-state index is -0.703. The molecule has 1 saturated heterocycles. The molecule has 2 aliphatic heterocycles. The molecule has 146 valence electrons. The number of likely N-dealkylation sites (N-methyl/N-ethyl adjacent to an activating group) is 1. The standard InChI is InChI=1S/C20H26ClFN4O/c1-2-25-9-8-17-15(12-25)19(24-23-17)20(27)26-10-6-13(7-11-26)14-4-3-5-16(22)18(14)21/h3-5,13,20,27H,2,6-12H2,1H3,(H,23,24). The quantitative estimate of drug-likeness (QED) is 0.836. The second-order valence-electron chi connectivity index (χ2n) is 7.51. The number of hydrogen-bond acceptors (Lipinski definition) is 4. The molecule has 5 nitrogen and oxygen atoms in total. The lowest BCUT2D eigenvalue weighted by Crippen LogP contribution is -2.37. The van der Waals surface area contributed by atoms with Gasteiger partial charge in [-0.1, -0.05) is 30.7 Å². The van der Waals surface area contributed by atoms with Gasteiger partial charge in [-0.2, -0.15) is 5.10 Å². The van der Waals surface area contributed by atoms with E-state index in [1.165, 1.54) is 6.07 Å². The molecule has 1 atom stereocenters. The molecule has 0 bridgehead atoms. The van der Waals surface area contributed by atoms with Crippen LogP contribution in [0.15, 0.2) is 18.2 Å². The van der Waals surface area contributed by atoms with E-state index in [0.29, 0.717) is 0 Å². The van der Waals surface area contributed by atoms with Crippen molar-refractivity contribution in [3.05, 3.63) is 51.6 Å². The SMILES string of the molecule is CCN1CCc2[nH]nc(C(O)N3CCC(c4cccc(F)c4Cl)CC3)c2C1. The van der Waals surface area contributed by atoms with Gasteiger partial charge < -0.3 is 5.11 Å². The first kappa shape index (κ1) is 18.9. The van der Waals surface area contributed by atoms with Gasteiger partial charge >= 0.3 is 0 Å². The van der Waals surface area contributed by atoms with Crippen molar-refractivity contribution in [2.75, 3.05) is 26.2 Å². The van der Waals surface area contributed by atoms with Crippen molar-refractivity contribution in [1.82, 2.24) is 20.0 Å². The fourth-order valence-electron chi connectivity index (χ4n) is 4.32. The molecule has 2 aliphatic rings. The Bertz CT molecular complexity index is 803. The smallest absolute Gasteiger partial charge is 0.152 e. The van der Waals surface area contributed by atoms with E-state index in [0.717, 1.165) is 74.5 Å². The number of H-pyrrole nitrogens is 1. The highest BCUT2D eigenvalue weighted by Crippen LogP contribution is 2.36. The van der Waals surface area contributed by atoms with Crippen LogP contribution in [0.2, 0.25) is 5.02 Å². The van der Waals surface area contributed by atoms with Crippen molar-refractivity contribution in [2.24, 2.45) is 0 Å². The minimum absolute atomic E-state index is 0.223. The number of piperidine rings is 1. The summed E-state index contributed by atoms with van der Waals surface area (Å²) in [5, 5.41) is 18.7. The first-order valence-corrected chi connectivity index (χ1v) is 10.1. The van der Waals surface area contributed by atoms with Crippen molar-refractivity contribution >= 4 is 11.6 Å². The fourth-order valence-corrected chi connectivity index (χ4v) is 4.60. The third-order valence-electron chi connectivity index (χ3n) is 6.03. The highest BCUT2D eigenvalue weighted by Gasteiger charge is 2.31. The average molecular weight is 393 g/mol. The molecule has 0 spiro atoms. The van der Waals surface area contributed by atoms with Gasteiger partial charge in [-0.05, 0) is 36.9 Å². The molecule has 1 aromatic heterocycles. The second-order valence-corrected chi connectivity index (χ2v) is 7.89. The van der Waals surface area contributed by atoms with Crippen molar-refractivity contribution in [2.45, 2.75) is 44.9 Å². The summed E-state index contributed by atoms with van der Waals surface area (Å²) in [6, 6.07) is 5.02. The van der Waals surface area contributed by atoms with Gasteiger partial charge in [-0.15, -0.1) is 0 Å². The Hall–Kier alpha value is -1.47. The number of hydrogen-bond donors (Lipinski definition) is 2. The van der Waals surface area contributed by atoms with Gasteiger partial charge in [-0.3, -0.25) is 14.9 Å². The summed E-state index contributed by atoms with van der Waals surface area (Å²) in [6.45, 7) is 6.49. The summed E-state index contributed by atoms with van der Waals surface area (Å²) in [7, 11) is 0. The molecule has 4 rings (SSSR count). The Labute approximate surface area is 164 Å². The molecule has 7 heteroatoms. The van der Waals surface area contributed by atoms with Crippen LogP contribution in [0, 0.1) is 5.82 Å². The van der Waals surface area contributed by atoms with Crippen LogP contribution in [-0.2, 0) is 13.0 Å². The first-order chi connectivity index (χ1) is 13.1. The Morgan fingerprint density at radius 1 is 1.33 bits per heavy atom. The van der Waals surface area contributed by atoms with Crippen molar-refractivity contribution in [3.63, 3.8) is 0 Å². The highest BCUT2D eigenvalue weighted by molar-refractivity contribution is 6.31. The minimum Gasteiger partial charge on any atom is -0.372 e. The average Bonchev–Trinajstić information content (AvgIpc) is 3.12. The Balaban J connectivity index is 1.44. The van der Waals surface area contributed by atoms with Crippen molar-refractivity contribution < 1.29 is 9.50 Å². The predicted octanol–water partition coefficient (Wildman–Crippen LogP) is 3.45. The van der Waals surface area contributed by atoms with Crippen molar-refractivity contribution in [3.8, 4) is 0 Å². The maximum absolute atomic E-state index is 13.7. The number of rotatable bonds is 4. The number of nitrogens with zero attached hydrogens (tertiary/aromatic N) is 3. The molecule has 1 aromatic carbocycles. The summed E-state index contributed by atoms with van der Waals surface area (Å²) in [5.74, 6) is -0.138. The third-order valence-corrected chi connectivity index (χ3v) is 6.43. The van der Waals surface area contributed by atoms with Gasteiger partial charge in [0.1, 0.15) is 11.5 Å². The van der Waals surface area contributed by atoms with Crippen LogP contribution in [0.25, 0.3) is 0 Å². The van der Waals surface area contributed by atoms with Gasteiger partial charge in [0.25, 0.3) is 0 Å². The van der Waals surface area contributed by atoms with Crippen LogP contribution in [0.1, 0.15) is 54.4 Å². The van der Waals surface area contributed by atoms with Gasteiger partial charge in [0.15, 0.2) is 6.23 Å². The van der Waals surface area contributed by atoms with E-state index in [-0.39, 0.29) is 16.8 Å². The van der Waals surface area contributed by atoms with E-state index in [9.17, 15) is 9.50 Å². The zero-order chi connectivity index (χ0) is 19.0. The number of aliphatic hydroxyl groups excluding tert-OH is 1. The molecule has 3 heterocycles. The monoisotopic (exact) mass is 392 g/mol. The van der Waals surface area contributed by atoms with E-state index in [1.54, 1.807) is 6.07 Å². The van der Waals surface area contributed by atoms with Gasteiger partial charge in [0.05, 0.1) is 5.02 Å². The Morgan fingerprint density at radius 3 is 2.85 bits per heavy atom. The number of aromatic amines is 1. The number of benzene rings is 1. The first-order valence-electron chi connectivity index (χ1n) is 9.72. The van der Waals surface area contributed by atoms with E-state index >= 15 is 0 Å². The van der Waals surface area contributed by atoms with Gasteiger partial charge in [0, 0.05) is 43.9 Å². The van der Waals surface area contributed by atoms with E-state index in [2.05, 4.69) is 26.9 Å². The van der Waals surface area contributed by atoms with Crippen molar-refractivity contribution in [1.29, 1.82) is 0 Å². The molecule has 0 amide bonds. The van der Waals surface area contributed by atoms with Crippen LogP contribution in [0.5, 0.6) is 0 Å². The summed E-state index contributed by atoms with van der Waals surface area (Å²) < 4.78 is 13.7. The van der Waals surface area contributed by atoms with Crippen LogP contribution < -0.4 is 0 Å². The number of aromatic nitrogens is 2. The van der Waals surface area contributed by atoms with E-state index in [4.69, 9.17) is 11.6 Å². The number of halogens is 2. The molecule has 0 radical (unpaired) electrons. The molecular weight excluding hydrogens is 367 g/mol. The molecular formula is C20H26ClFN4O. The number of likely N-dealkylation sites (tertiary alicyclic amines) is 1. The molecule has 2 aromatic rings. The molecule has 2 N–H and O–H groups in total. The Morgan fingerprint density at radius 2 is 2.11 bits per heavy atom. The predicted molar refractivity (Wildman–Crippen MR) is 103 cm³/mol. The maximum Gasteiger partial charge on any atom is 0.152 e. The summed E-state index contributed by atoms with van der Waals surface area (Å²) >= 11 is 6.16. The Kier molecular flexibility index (Phi) is 5.50. The van der Waals surface area contributed by atoms with E-state index < -0.39 is 6.23 Å². The number of nitrogens with one attached hydrogen (secondary N) is 1. The summed E-state index contributed by atoms with van der Waals surface area (Å²) in [4.78, 5) is 4.43. The topological polar surface area (TPSA) is 55.4 Å². The molecule has 0 aliphatic carbocycles. The third kappa shape index (κ3) is 3.63. The van der Waals surface area contributed by atoms with Gasteiger partial charge in [-0.25, -0.2) is 4.39 Å². The lowest BCUT2D eigenvalue weighted by Gasteiger charge is -2.35. The van der Waals surface area contributed by atoms with Crippen LogP contribution in [0.3, 0.4) is 0 Å². The number of fused-ring (bicyclic) bond motifs is 1. The van der Waals surface area contributed by atoms with Gasteiger partial charge in [0.2, 0.25) is 0 Å². The molecule has 0 saturated carbocycles. The van der Waals surface area contributed by atoms with Crippen LogP contribution in [0.4, 0.5) is 4.39 Å². The summed E-state index contributed by atoms with van der Waals surface area (Å²) in [6.07, 6.45) is 1.93. The zero-order valence-corrected chi connectivity index (χ0v) is 16.3. The highest BCUT2D eigenvalue weighted by atomic mass is 35.5. The van der Waals surface area contributed by atoms with Crippen LogP contribution >= 0.6 is 11.6 Å². The molecule has 1 unspecified atom stereocenters. The zero-order valence-electron chi connectivity index (χ0n) is 15.6. The second kappa shape index (κ2) is 7.87. The summed E-state index contributed by atoms with van der Waals surface area (Å²) in [5.41, 5.74) is 3.92. The van der Waals surface area contributed by atoms with E-state index in [1.807, 2.05) is 6.07 Å². The lowest BCUT2D eigenvalue weighted by molar-refractivity contribution is -0.0172. The largest absolute Gasteiger partial charge is 0.372 e. The number of aliphatic hydroxyl groups is 1. The maximum atomic E-state index is 13.7.